The van der Waals surface area contributed by atoms with Crippen molar-refractivity contribution in [2.75, 3.05) is 12.9 Å². The quantitative estimate of drug-likeness (QED) is 0.466. The molecule has 0 unspecified atom stereocenters. The minimum Gasteiger partial charge on any atom is -0.323 e. The van der Waals surface area contributed by atoms with Gasteiger partial charge in [0, 0.05) is 6.54 Å². The maximum atomic E-state index is 10.8. The van der Waals surface area contributed by atoms with Crippen LogP contribution in [0.4, 0.5) is 0 Å². The average molecular weight is 317 g/mol. The molecule has 0 amide bonds. The second-order valence-corrected chi connectivity index (χ2v) is 7.54. The van der Waals surface area contributed by atoms with Crippen molar-refractivity contribution in [2.45, 2.75) is 19.4 Å². The van der Waals surface area contributed by atoms with Crippen molar-refractivity contribution in [2.24, 2.45) is 0 Å². The molecule has 7 heteroatoms. The molecule has 0 aliphatic heterocycles. The molecule has 4 nitrogen and oxygen atoms in total. The Hall–Kier alpha value is -0.760. The first kappa shape index (κ1) is 14.6. The van der Waals surface area contributed by atoms with E-state index in [0.717, 1.165) is 28.7 Å². The van der Waals surface area contributed by atoms with Crippen LogP contribution in [0, 0.1) is 3.95 Å². The largest absolute Gasteiger partial charge is 0.323 e. The van der Waals surface area contributed by atoms with E-state index in [1.165, 1.54) is 4.70 Å². The van der Waals surface area contributed by atoms with Gasteiger partial charge < -0.3 is 4.57 Å². The number of para-hydroxylation sites is 1. The van der Waals surface area contributed by atoms with E-state index in [0.29, 0.717) is 6.42 Å². The van der Waals surface area contributed by atoms with Crippen LogP contribution in [0.15, 0.2) is 24.3 Å². The van der Waals surface area contributed by atoms with Gasteiger partial charge in [-0.15, -0.1) is 11.3 Å². The van der Waals surface area contributed by atoms with Gasteiger partial charge in [-0.25, -0.2) is 0 Å². The van der Waals surface area contributed by atoms with Crippen LogP contribution in [-0.2, 0) is 20.8 Å². The molecule has 0 saturated heterocycles. The van der Waals surface area contributed by atoms with Crippen molar-refractivity contribution in [3.63, 3.8) is 0 Å². The van der Waals surface area contributed by atoms with E-state index in [-0.39, 0.29) is 6.61 Å². The zero-order valence-corrected chi connectivity index (χ0v) is 13.0. The predicted octanol–water partition coefficient (Wildman–Crippen LogP) is 3.19. The van der Waals surface area contributed by atoms with Crippen molar-refractivity contribution < 1.29 is 12.6 Å². The molecule has 0 bridgehead atoms. The molecular weight excluding hydrogens is 302 g/mol. The minimum absolute atomic E-state index is 0.230. The number of unbranched alkanes of at least 4 members (excludes halogenated alkanes) is 1. The van der Waals surface area contributed by atoms with Gasteiger partial charge >= 0.3 is 0 Å². The Morgan fingerprint density at radius 3 is 2.79 bits per heavy atom. The predicted molar refractivity (Wildman–Crippen MR) is 80.7 cm³/mol. The molecule has 1 aromatic carbocycles. The van der Waals surface area contributed by atoms with Crippen LogP contribution in [0.5, 0.6) is 0 Å². The Kier molecular flexibility index (Phi) is 4.72. The van der Waals surface area contributed by atoms with Crippen LogP contribution in [-0.4, -0.2) is 25.8 Å². The number of benzene rings is 1. The highest BCUT2D eigenvalue weighted by Crippen LogP contribution is 2.23. The lowest BCUT2D eigenvalue weighted by atomic mass is 10.3. The zero-order chi connectivity index (χ0) is 13.9. The highest BCUT2D eigenvalue weighted by atomic mass is 32.2. The second kappa shape index (κ2) is 6.13. The van der Waals surface area contributed by atoms with Gasteiger partial charge in [0.15, 0.2) is 3.95 Å². The highest BCUT2D eigenvalue weighted by molar-refractivity contribution is 7.85. The third-order valence-corrected chi connectivity index (χ3v) is 4.67. The Balaban J connectivity index is 1.95. The number of hydrogen-bond acceptors (Lipinski definition) is 5. The molecule has 0 atom stereocenters. The number of fused-ring (bicyclic) bond motifs is 1. The first-order valence-electron chi connectivity index (χ1n) is 5.90. The minimum atomic E-state index is -3.33. The lowest BCUT2D eigenvalue weighted by molar-refractivity contribution is 0.309. The standard InChI is InChI=1S/C12H15NO3S3/c1-19(14,15)16-9-5-4-8-13-10-6-2-3-7-11(10)18-12(13)17/h2-3,6-7H,4-5,8-9H2,1H3. The monoisotopic (exact) mass is 317 g/mol. The van der Waals surface area contributed by atoms with Crippen molar-refractivity contribution in [3.8, 4) is 0 Å². The summed E-state index contributed by atoms with van der Waals surface area (Å²) in [6, 6.07) is 8.10. The van der Waals surface area contributed by atoms with Gasteiger partial charge in [-0.1, -0.05) is 12.1 Å². The number of aromatic nitrogens is 1. The van der Waals surface area contributed by atoms with E-state index in [2.05, 4.69) is 16.7 Å². The fraction of sp³-hybridized carbons (Fsp3) is 0.417. The van der Waals surface area contributed by atoms with Crippen LogP contribution >= 0.6 is 23.6 Å². The normalized spacial score (nSPS) is 12.1. The van der Waals surface area contributed by atoms with E-state index < -0.39 is 10.1 Å². The maximum absolute atomic E-state index is 10.8. The molecular formula is C12H15NO3S3. The van der Waals surface area contributed by atoms with Gasteiger partial charge in [0.05, 0.1) is 23.1 Å². The van der Waals surface area contributed by atoms with Crippen LogP contribution in [0.2, 0.25) is 0 Å². The number of hydrogen-bond donors (Lipinski definition) is 0. The second-order valence-electron chi connectivity index (χ2n) is 4.22. The Morgan fingerprint density at radius 1 is 1.32 bits per heavy atom. The Bertz CT molecular complexity index is 715. The van der Waals surface area contributed by atoms with Gasteiger partial charge in [-0.2, -0.15) is 8.42 Å². The van der Waals surface area contributed by atoms with E-state index >= 15 is 0 Å². The van der Waals surface area contributed by atoms with E-state index in [1.54, 1.807) is 11.3 Å². The molecule has 0 fully saturated rings. The summed E-state index contributed by atoms with van der Waals surface area (Å²) in [5, 5.41) is 0. The molecule has 0 spiro atoms. The molecule has 0 N–H and O–H groups in total. The SMILES string of the molecule is CS(=O)(=O)OCCCCn1c(=S)sc2ccccc21. The molecule has 1 aromatic heterocycles. The molecule has 0 aliphatic rings. The van der Waals surface area contributed by atoms with Gasteiger partial charge in [-0.05, 0) is 37.2 Å². The molecule has 104 valence electrons. The zero-order valence-electron chi connectivity index (χ0n) is 10.5. The summed E-state index contributed by atoms with van der Waals surface area (Å²) >= 11 is 6.94. The highest BCUT2D eigenvalue weighted by Gasteiger charge is 2.05. The molecule has 0 radical (unpaired) electrons. The topological polar surface area (TPSA) is 48.3 Å². The van der Waals surface area contributed by atoms with Gasteiger partial charge in [0.1, 0.15) is 0 Å². The first-order valence-corrected chi connectivity index (χ1v) is 8.94. The molecule has 2 aromatic rings. The fourth-order valence-electron chi connectivity index (χ4n) is 1.81. The van der Waals surface area contributed by atoms with E-state index in [1.807, 2.05) is 12.1 Å². The van der Waals surface area contributed by atoms with Crippen LogP contribution in [0.25, 0.3) is 10.2 Å². The first-order chi connectivity index (χ1) is 8.97. The van der Waals surface area contributed by atoms with Crippen molar-refractivity contribution in [1.82, 2.24) is 4.57 Å². The summed E-state index contributed by atoms with van der Waals surface area (Å²) < 4.78 is 30.5. The fourth-order valence-corrected chi connectivity index (χ4v) is 3.60. The summed E-state index contributed by atoms with van der Waals surface area (Å²) in [6.45, 7) is 1.02. The number of rotatable bonds is 6. The third kappa shape index (κ3) is 4.10. The molecule has 0 aliphatic carbocycles. The molecule has 1 heterocycles. The maximum Gasteiger partial charge on any atom is 0.264 e. The number of thiazole rings is 1. The Labute approximate surface area is 121 Å². The van der Waals surface area contributed by atoms with E-state index in [4.69, 9.17) is 16.4 Å². The number of aryl methyl sites for hydroxylation is 1. The summed E-state index contributed by atoms with van der Waals surface area (Å²) in [5.41, 5.74) is 1.14. The van der Waals surface area contributed by atoms with E-state index in [9.17, 15) is 8.42 Å². The van der Waals surface area contributed by atoms with Crippen LogP contribution in [0.1, 0.15) is 12.8 Å². The van der Waals surface area contributed by atoms with Crippen molar-refractivity contribution in [1.29, 1.82) is 0 Å². The molecule has 19 heavy (non-hydrogen) atoms. The summed E-state index contributed by atoms with van der Waals surface area (Å²) in [4.78, 5) is 0. The van der Waals surface area contributed by atoms with Crippen molar-refractivity contribution >= 4 is 43.9 Å². The third-order valence-electron chi connectivity index (χ3n) is 2.65. The summed E-state index contributed by atoms with van der Waals surface area (Å²) in [5.74, 6) is 0. The molecule has 0 saturated carbocycles. The summed E-state index contributed by atoms with van der Waals surface area (Å²) in [7, 11) is -3.33. The van der Waals surface area contributed by atoms with Gasteiger partial charge in [0.2, 0.25) is 0 Å². The summed E-state index contributed by atoms with van der Waals surface area (Å²) in [6.07, 6.45) is 2.60. The lowest BCUT2D eigenvalue weighted by Gasteiger charge is -2.05. The van der Waals surface area contributed by atoms with Gasteiger partial charge in [0.25, 0.3) is 10.1 Å². The van der Waals surface area contributed by atoms with Crippen LogP contribution < -0.4 is 0 Å². The van der Waals surface area contributed by atoms with Crippen LogP contribution in [0.3, 0.4) is 0 Å². The molecule has 2 rings (SSSR count). The smallest absolute Gasteiger partial charge is 0.264 e. The average Bonchev–Trinajstić information content (AvgIpc) is 2.64. The van der Waals surface area contributed by atoms with Gasteiger partial charge in [-0.3, -0.25) is 4.18 Å². The lowest BCUT2D eigenvalue weighted by Crippen LogP contribution is -2.05. The Morgan fingerprint density at radius 2 is 2.05 bits per heavy atom. The number of nitrogens with zero attached hydrogens (tertiary/aromatic N) is 1. The van der Waals surface area contributed by atoms with Crippen molar-refractivity contribution in [3.05, 3.63) is 28.2 Å².